The number of aromatic nitrogens is 4. The van der Waals surface area contributed by atoms with Crippen LogP contribution in [-0.4, -0.2) is 75.4 Å². The van der Waals surface area contributed by atoms with Crippen LogP contribution in [0.15, 0.2) is 48.8 Å². The number of H-pyrrole nitrogens is 2. The number of pyridine rings is 1. The molecule has 33 heavy (non-hydrogen) atoms. The number of aromatic amines is 2. The van der Waals surface area contributed by atoms with Gasteiger partial charge in [0.05, 0.1) is 30.6 Å². The van der Waals surface area contributed by atoms with Crippen molar-refractivity contribution in [3.63, 3.8) is 0 Å². The number of morpholine rings is 1. The fourth-order valence-corrected chi connectivity index (χ4v) is 4.53. The lowest BCUT2D eigenvalue weighted by atomic mass is 10.0. The molecule has 2 aliphatic heterocycles. The molecule has 168 valence electrons. The van der Waals surface area contributed by atoms with Gasteiger partial charge in [-0.2, -0.15) is 5.10 Å². The molecule has 2 amide bonds. The van der Waals surface area contributed by atoms with Gasteiger partial charge < -0.3 is 24.8 Å². The van der Waals surface area contributed by atoms with Gasteiger partial charge in [0.25, 0.3) is 0 Å². The van der Waals surface area contributed by atoms with E-state index in [4.69, 9.17) is 4.74 Å². The maximum atomic E-state index is 12.8. The minimum Gasteiger partial charge on any atom is -0.378 e. The monoisotopic (exact) mass is 443 g/mol. The van der Waals surface area contributed by atoms with Gasteiger partial charge in [-0.25, -0.2) is 9.78 Å². The van der Waals surface area contributed by atoms with Gasteiger partial charge in [-0.3, -0.25) is 5.10 Å². The number of amides is 2. The number of fused-ring (bicyclic) bond motifs is 2. The fourth-order valence-electron chi connectivity index (χ4n) is 4.53. The number of nitrogens with one attached hydrogen (secondary N) is 3. The number of hydrogen-bond acceptors (Lipinski definition) is 5. The van der Waals surface area contributed by atoms with E-state index in [0.29, 0.717) is 39.4 Å². The average molecular weight is 444 g/mol. The highest BCUT2D eigenvalue weighted by Gasteiger charge is 2.25. The number of nitrogens with zero attached hydrogens (tertiary/aromatic N) is 4. The molecule has 1 fully saturated rings. The summed E-state index contributed by atoms with van der Waals surface area (Å²) in [7, 11) is 0. The smallest absolute Gasteiger partial charge is 0.320 e. The van der Waals surface area contributed by atoms with Crippen LogP contribution in [0.5, 0.6) is 0 Å². The second-order valence-corrected chi connectivity index (χ2v) is 8.41. The van der Waals surface area contributed by atoms with Gasteiger partial charge in [-0.05, 0) is 42.3 Å². The Bertz CT molecular complexity index is 1350. The van der Waals surface area contributed by atoms with Crippen molar-refractivity contribution in [3.8, 4) is 0 Å². The Morgan fingerprint density at radius 1 is 1.09 bits per heavy atom. The van der Waals surface area contributed by atoms with Crippen molar-refractivity contribution in [2.45, 2.75) is 6.42 Å². The number of anilines is 2. The van der Waals surface area contributed by atoms with Gasteiger partial charge in [0.1, 0.15) is 5.65 Å². The Morgan fingerprint density at radius 3 is 2.85 bits per heavy atom. The summed E-state index contributed by atoms with van der Waals surface area (Å²) in [6.07, 6.45) is 6.58. The van der Waals surface area contributed by atoms with E-state index in [9.17, 15) is 4.79 Å². The highest BCUT2D eigenvalue weighted by atomic mass is 16.5. The predicted molar refractivity (Wildman–Crippen MR) is 127 cm³/mol. The van der Waals surface area contributed by atoms with E-state index >= 15 is 0 Å². The molecule has 2 aliphatic rings. The highest BCUT2D eigenvalue weighted by molar-refractivity contribution is 5.95. The maximum absolute atomic E-state index is 12.8. The first-order valence-electron chi connectivity index (χ1n) is 11.2. The Hall–Kier alpha value is -3.85. The van der Waals surface area contributed by atoms with Crippen molar-refractivity contribution in [2.24, 2.45) is 0 Å². The zero-order valence-corrected chi connectivity index (χ0v) is 18.2. The van der Waals surface area contributed by atoms with Crippen LogP contribution in [-0.2, 0) is 4.74 Å². The molecule has 5 heterocycles. The van der Waals surface area contributed by atoms with Crippen LogP contribution in [0.4, 0.5) is 16.2 Å². The molecule has 0 aliphatic carbocycles. The van der Waals surface area contributed by atoms with Gasteiger partial charge in [0.2, 0.25) is 0 Å². The predicted octanol–water partition coefficient (Wildman–Crippen LogP) is 3.72. The average Bonchev–Trinajstić information content (AvgIpc) is 3.52. The molecule has 0 radical (unpaired) electrons. The van der Waals surface area contributed by atoms with E-state index in [2.05, 4.69) is 43.7 Å². The van der Waals surface area contributed by atoms with Crippen molar-refractivity contribution >= 4 is 44.9 Å². The van der Waals surface area contributed by atoms with Crippen molar-refractivity contribution in [1.82, 2.24) is 30.0 Å². The van der Waals surface area contributed by atoms with Crippen LogP contribution in [0.25, 0.3) is 27.5 Å². The van der Waals surface area contributed by atoms with E-state index in [1.165, 1.54) is 5.57 Å². The Morgan fingerprint density at radius 2 is 2.00 bits per heavy atom. The van der Waals surface area contributed by atoms with Gasteiger partial charge in [-0.1, -0.05) is 6.08 Å². The summed E-state index contributed by atoms with van der Waals surface area (Å²) in [4.78, 5) is 24.5. The Labute approximate surface area is 190 Å². The summed E-state index contributed by atoms with van der Waals surface area (Å²) in [6.45, 7) is 3.90. The molecule has 6 rings (SSSR count). The first kappa shape index (κ1) is 19.8. The second-order valence-electron chi connectivity index (χ2n) is 8.41. The molecule has 9 heteroatoms. The summed E-state index contributed by atoms with van der Waals surface area (Å²) < 4.78 is 5.36. The molecule has 3 N–H and O–H groups in total. The molecule has 3 aromatic heterocycles. The minimum atomic E-state index is 0.105. The molecule has 0 atom stereocenters. The van der Waals surface area contributed by atoms with Crippen molar-refractivity contribution in [3.05, 3.63) is 54.5 Å². The Kier molecular flexibility index (Phi) is 4.95. The molecule has 0 bridgehead atoms. The van der Waals surface area contributed by atoms with Crippen LogP contribution >= 0.6 is 0 Å². The third-order valence-electron chi connectivity index (χ3n) is 6.36. The lowest BCUT2D eigenvalue weighted by Gasteiger charge is -2.34. The maximum Gasteiger partial charge on any atom is 0.320 e. The number of rotatable bonds is 3. The molecule has 1 saturated heterocycles. The van der Waals surface area contributed by atoms with Crippen molar-refractivity contribution in [1.29, 1.82) is 0 Å². The number of ether oxygens (including phenoxy) is 1. The van der Waals surface area contributed by atoms with Crippen LogP contribution < -0.4 is 5.32 Å². The normalized spacial score (nSPS) is 16.9. The highest BCUT2D eigenvalue weighted by Crippen LogP contribution is 2.31. The lowest BCUT2D eigenvalue weighted by molar-refractivity contribution is 0.0441. The minimum absolute atomic E-state index is 0.105. The summed E-state index contributed by atoms with van der Waals surface area (Å²) in [5.41, 5.74) is 6.10. The van der Waals surface area contributed by atoms with Gasteiger partial charge in [-0.15, -0.1) is 0 Å². The zero-order valence-electron chi connectivity index (χ0n) is 18.2. The molecular weight excluding hydrogens is 418 g/mol. The third kappa shape index (κ3) is 3.80. The summed E-state index contributed by atoms with van der Waals surface area (Å²) in [5, 5.41) is 12.7. The summed E-state index contributed by atoms with van der Waals surface area (Å²) in [5.74, 6) is 0. The largest absolute Gasteiger partial charge is 0.378 e. The number of carbonyl (C=O) groups excluding carboxylic acids is 1. The molecule has 0 unspecified atom stereocenters. The molecular formula is C24H25N7O2. The quantitative estimate of drug-likeness (QED) is 0.448. The fraction of sp³-hybridized carbons (Fsp3) is 0.292. The van der Waals surface area contributed by atoms with Crippen molar-refractivity contribution in [2.75, 3.05) is 44.7 Å². The summed E-state index contributed by atoms with van der Waals surface area (Å²) >= 11 is 0. The topological polar surface area (TPSA) is 102 Å². The second kappa shape index (κ2) is 8.25. The zero-order chi connectivity index (χ0) is 22.2. The molecule has 1 aromatic carbocycles. The van der Waals surface area contributed by atoms with E-state index in [0.717, 1.165) is 45.4 Å². The number of benzene rings is 1. The first-order chi connectivity index (χ1) is 16.2. The van der Waals surface area contributed by atoms with E-state index in [-0.39, 0.29) is 6.03 Å². The number of carbonyl (C=O) groups is 1. The van der Waals surface area contributed by atoms with Crippen LogP contribution in [0.1, 0.15) is 12.1 Å². The first-order valence-corrected chi connectivity index (χ1v) is 11.2. The van der Waals surface area contributed by atoms with Gasteiger partial charge in [0, 0.05) is 54.5 Å². The van der Waals surface area contributed by atoms with Crippen LogP contribution in [0.3, 0.4) is 0 Å². The molecule has 0 spiro atoms. The molecule has 9 nitrogen and oxygen atoms in total. The molecule has 0 saturated carbocycles. The Balaban J connectivity index is 1.21. The standard InChI is InChI=1S/C24H25N7O2/c32-24(31-9-11-33-12-10-31)30-7-4-16(5-8-30)22-14-19-21(3-6-25-23(19)28-22)27-18-1-2-20-17(13-18)15-26-29-20/h1-4,6,13-15H,5,7-12H2,(H,26,29)(H2,25,27,28). The third-order valence-corrected chi connectivity index (χ3v) is 6.36. The summed E-state index contributed by atoms with van der Waals surface area (Å²) in [6, 6.07) is 10.4. The SMILES string of the molecule is O=C(N1CC=C(c2cc3c(Nc4ccc5[nH]ncc5c4)ccnc3[nH]2)CC1)N1CCOCC1. The van der Waals surface area contributed by atoms with Gasteiger partial charge >= 0.3 is 6.03 Å². The van der Waals surface area contributed by atoms with Crippen LogP contribution in [0, 0.1) is 0 Å². The molecule has 4 aromatic rings. The van der Waals surface area contributed by atoms with Gasteiger partial charge in [0.15, 0.2) is 0 Å². The van der Waals surface area contributed by atoms with Crippen LogP contribution in [0.2, 0.25) is 0 Å². The van der Waals surface area contributed by atoms with E-state index < -0.39 is 0 Å². The van der Waals surface area contributed by atoms with E-state index in [1.807, 2.05) is 34.2 Å². The van der Waals surface area contributed by atoms with Crippen molar-refractivity contribution < 1.29 is 9.53 Å². The lowest BCUT2D eigenvalue weighted by Crippen LogP contribution is -2.49. The number of hydrogen-bond donors (Lipinski definition) is 3. The van der Waals surface area contributed by atoms with E-state index in [1.54, 1.807) is 6.20 Å². The number of urea groups is 1.